The number of hydrogen-bond acceptors (Lipinski definition) is 17. The highest BCUT2D eigenvalue weighted by Gasteiger charge is 2.25. The first kappa shape index (κ1) is 49.4. The Morgan fingerprint density at radius 2 is 0.817 bits per heavy atom. The first-order valence-corrected chi connectivity index (χ1v) is 18.2. The molecule has 0 heterocycles. The van der Waals surface area contributed by atoms with E-state index in [0.29, 0.717) is 5.57 Å². The molecule has 0 radical (unpaired) electrons. The average molecular weight is 837 g/mol. The standard InChI is InChI=1S/C43H48O17/c1-24(2)36(46)14-11-30(44)21-59-40(50)32-12-9-28(19-34(32)42(52)56-17-15-54-37(47)25(3)4)29-10-13-33(41(51)60-23-31(45)22-58-39(49)27(7)8)35(20-29)43(53)57-18-16-55-38(48)26(5)6/h9-10,12-13,19-20,30-31,44-45H,1,3,5,7,11,14-18,21-23H2,2,4,6,8H3. The van der Waals surface area contributed by atoms with E-state index in [0.717, 1.165) is 0 Å². The number of carbonyl (C=O) groups excluding carboxylic acids is 8. The van der Waals surface area contributed by atoms with Crippen LogP contribution >= 0.6 is 0 Å². The van der Waals surface area contributed by atoms with Gasteiger partial charge in [0.05, 0.1) is 28.4 Å². The first-order chi connectivity index (χ1) is 28.2. The van der Waals surface area contributed by atoms with Gasteiger partial charge >= 0.3 is 41.8 Å². The Morgan fingerprint density at radius 1 is 0.467 bits per heavy atom. The minimum Gasteiger partial charge on any atom is -0.459 e. The number of aliphatic hydroxyl groups excluding tert-OH is 2. The van der Waals surface area contributed by atoms with E-state index in [4.69, 9.17) is 33.2 Å². The van der Waals surface area contributed by atoms with E-state index in [1.165, 1.54) is 64.1 Å². The Bertz CT molecular complexity index is 1880. The molecular formula is C43H48O17. The molecule has 17 heteroatoms. The minimum absolute atomic E-state index is 0.0326. The third-order valence-corrected chi connectivity index (χ3v) is 7.80. The number of rotatable bonds is 24. The van der Waals surface area contributed by atoms with Crippen LogP contribution in [0.3, 0.4) is 0 Å². The van der Waals surface area contributed by atoms with Crippen LogP contribution in [-0.2, 0) is 52.3 Å². The number of esters is 7. The van der Waals surface area contributed by atoms with Gasteiger partial charge in [-0.25, -0.2) is 33.6 Å². The van der Waals surface area contributed by atoms with Gasteiger partial charge in [0.1, 0.15) is 52.4 Å². The normalized spacial score (nSPS) is 11.4. The van der Waals surface area contributed by atoms with Gasteiger partial charge in [-0.2, -0.15) is 0 Å². The number of ketones is 1. The van der Waals surface area contributed by atoms with Gasteiger partial charge in [0, 0.05) is 23.1 Å². The third-order valence-electron chi connectivity index (χ3n) is 7.80. The molecule has 0 aliphatic heterocycles. The van der Waals surface area contributed by atoms with Crippen LogP contribution in [0.1, 0.15) is 82.0 Å². The van der Waals surface area contributed by atoms with Crippen LogP contribution in [0.15, 0.2) is 85.0 Å². The molecule has 17 nitrogen and oxygen atoms in total. The van der Waals surface area contributed by atoms with Gasteiger partial charge in [-0.1, -0.05) is 38.4 Å². The first-order valence-electron chi connectivity index (χ1n) is 18.2. The second-order valence-electron chi connectivity index (χ2n) is 13.3. The Kier molecular flexibility index (Phi) is 20.0. The van der Waals surface area contributed by atoms with Crippen LogP contribution in [0.25, 0.3) is 11.1 Å². The molecule has 0 saturated heterocycles. The molecule has 0 aliphatic carbocycles. The van der Waals surface area contributed by atoms with E-state index in [1.54, 1.807) is 0 Å². The summed E-state index contributed by atoms with van der Waals surface area (Å²) in [6.45, 7) is 16.4. The van der Waals surface area contributed by atoms with Crippen LogP contribution < -0.4 is 0 Å². The van der Waals surface area contributed by atoms with Crippen molar-refractivity contribution in [2.45, 2.75) is 52.7 Å². The van der Waals surface area contributed by atoms with Gasteiger partial charge in [-0.3, -0.25) is 4.79 Å². The summed E-state index contributed by atoms with van der Waals surface area (Å²) in [6, 6.07) is 7.60. The Morgan fingerprint density at radius 3 is 1.22 bits per heavy atom. The number of Topliss-reactive ketones (excluding diaryl/α,β-unsaturated/α-hetero) is 1. The van der Waals surface area contributed by atoms with Crippen molar-refractivity contribution in [3.8, 4) is 11.1 Å². The van der Waals surface area contributed by atoms with Gasteiger partial charge in [0.25, 0.3) is 0 Å². The molecule has 0 bridgehead atoms. The summed E-state index contributed by atoms with van der Waals surface area (Å²) < 4.78 is 35.7. The zero-order valence-corrected chi connectivity index (χ0v) is 33.8. The van der Waals surface area contributed by atoms with Crippen molar-refractivity contribution in [2.24, 2.45) is 0 Å². The lowest BCUT2D eigenvalue weighted by atomic mass is 9.95. The molecule has 0 amide bonds. The van der Waals surface area contributed by atoms with E-state index < -0.39 is 87.0 Å². The quantitative estimate of drug-likeness (QED) is 0.0657. The highest BCUT2D eigenvalue weighted by atomic mass is 16.6. The lowest BCUT2D eigenvalue weighted by Gasteiger charge is -2.16. The largest absolute Gasteiger partial charge is 0.459 e. The van der Waals surface area contributed by atoms with Crippen molar-refractivity contribution >= 4 is 47.6 Å². The molecule has 0 aliphatic rings. The van der Waals surface area contributed by atoms with Crippen LogP contribution in [-0.4, -0.2) is 116 Å². The average Bonchev–Trinajstić information content (AvgIpc) is 3.21. The van der Waals surface area contributed by atoms with Gasteiger partial charge < -0.3 is 43.4 Å². The van der Waals surface area contributed by atoms with Crippen LogP contribution in [0.5, 0.6) is 0 Å². The van der Waals surface area contributed by atoms with Gasteiger partial charge in [0.2, 0.25) is 0 Å². The van der Waals surface area contributed by atoms with Crippen LogP contribution in [0.2, 0.25) is 0 Å². The molecular weight excluding hydrogens is 788 g/mol. The molecule has 2 aromatic carbocycles. The third kappa shape index (κ3) is 16.3. The number of allylic oxidation sites excluding steroid dienone is 1. The number of carbonyl (C=O) groups is 8. The number of benzene rings is 2. The second-order valence-corrected chi connectivity index (χ2v) is 13.3. The topological polar surface area (TPSA) is 242 Å². The molecule has 2 atom stereocenters. The van der Waals surface area contributed by atoms with Gasteiger partial charge in [0.15, 0.2) is 5.78 Å². The maximum atomic E-state index is 13.4. The summed E-state index contributed by atoms with van der Waals surface area (Å²) in [5, 5.41) is 20.5. The minimum atomic E-state index is -1.44. The molecule has 0 saturated carbocycles. The predicted molar refractivity (Wildman–Crippen MR) is 211 cm³/mol. The number of hydrogen-bond donors (Lipinski definition) is 2. The van der Waals surface area contributed by atoms with E-state index >= 15 is 0 Å². The number of ether oxygens (including phenoxy) is 7. The Hall–Kier alpha value is -6.72. The summed E-state index contributed by atoms with van der Waals surface area (Å²) in [6.07, 6.45) is -2.74. The Labute approximate surface area is 346 Å². The monoisotopic (exact) mass is 836 g/mol. The highest BCUT2D eigenvalue weighted by molar-refractivity contribution is 6.06. The smallest absolute Gasteiger partial charge is 0.339 e. The van der Waals surface area contributed by atoms with E-state index in [1.807, 2.05) is 0 Å². The van der Waals surface area contributed by atoms with Crippen molar-refractivity contribution < 1.29 is 81.7 Å². The van der Waals surface area contributed by atoms with Crippen LogP contribution in [0.4, 0.5) is 0 Å². The van der Waals surface area contributed by atoms with E-state index in [-0.39, 0.29) is 81.9 Å². The molecule has 2 rings (SSSR count). The molecule has 0 spiro atoms. The zero-order chi connectivity index (χ0) is 45.1. The lowest BCUT2D eigenvalue weighted by Crippen LogP contribution is -2.26. The molecule has 2 N–H and O–H groups in total. The molecule has 0 fully saturated rings. The Balaban J connectivity index is 2.49. The van der Waals surface area contributed by atoms with Gasteiger partial charge in [-0.15, -0.1) is 0 Å². The maximum Gasteiger partial charge on any atom is 0.339 e. The summed E-state index contributed by atoms with van der Waals surface area (Å²) >= 11 is 0. The van der Waals surface area contributed by atoms with E-state index in [9.17, 15) is 48.6 Å². The van der Waals surface area contributed by atoms with Crippen molar-refractivity contribution in [1.82, 2.24) is 0 Å². The fraction of sp³-hybridized carbons (Fsp3) is 0.349. The van der Waals surface area contributed by atoms with Crippen LogP contribution in [0, 0.1) is 0 Å². The summed E-state index contributed by atoms with van der Waals surface area (Å²) in [7, 11) is 0. The maximum absolute atomic E-state index is 13.4. The molecule has 60 heavy (non-hydrogen) atoms. The fourth-order valence-corrected chi connectivity index (χ4v) is 4.52. The number of aliphatic hydroxyl groups is 2. The fourth-order valence-electron chi connectivity index (χ4n) is 4.52. The summed E-state index contributed by atoms with van der Waals surface area (Å²) in [5.41, 5.74) is -0.352. The summed E-state index contributed by atoms with van der Waals surface area (Å²) in [5.74, 6) is -6.77. The zero-order valence-electron chi connectivity index (χ0n) is 33.8. The van der Waals surface area contributed by atoms with Crippen molar-refractivity contribution in [2.75, 3.05) is 46.2 Å². The van der Waals surface area contributed by atoms with Crippen molar-refractivity contribution in [3.05, 3.63) is 107 Å². The lowest BCUT2D eigenvalue weighted by molar-refractivity contribution is -0.142. The second kappa shape index (κ2) is 24.3. The van der Waals surface area contributed by atoms with Crippen molar-refractivity contribution in [3.63, 3.8) is 0 Å². The van der Waals surface area contributed by atoms with Gasteiger partial charge in [-0.05, 0) is 75.1 Å². The molecule has 0 aromatic heterocycles. The molecule has 2 aromatic rings. The SMILES string of the molecule is C=C(C)C(=O)CCC(O)COC(=O)c1ccc(-c2ccc(C(=O)OCC(O)COC(=O)C(=C)C)c(C(=O)OCCOC(=O)C(=C)C)c2)cc1C(=O)OCCOC(=O)C(=C)C. The molecule has 2 unspecified atom stereocenters. The highest BCUT2D eigenvalue weighted by Crippen LogP contribution is 2.27. The predicted octanol–water partition coefficient (Wildman–Crippen LogP) is 3.99. The summed E-state index contributed by atoms with van der Waals surface area (Å²) in [4.78, 5) is 100. The van der Waals surface area contributed by atoms with E-state index in [2.05, 4.69) is 26.3 Å². The molecule has 322 valence electrons. The van der Waals surface area contributed by atoms with Crippen molar-refractivity contribution in [1.29, 1.82) is 0 Å².